The molecule has 0 aliphatic rings. The van der Waals surface area contributed by atoms with Crippen LogP contribution in [0.1, 0.15) is 25.6 Å². The van der Waals surface area contributed by atoms with Crippen LogP contribution in [0.2, 0.25) is 5.15 Å². The summed E-state index contributed by atoms with van der Waals surface area (Å²) in [6.45, 7) is 4.10. The summed E-state index contributed by atoms with van der Waals surface area (Å²) in [5.41, 5.74) is 0. The Morgan fingerprint density at radius 2 is 1.88 bits per heavy atom. The fourth-order valence-electron chi connectivity index (χ4n) is 1.23. The lowest BCUT2D eigenvalue weighted by Gasteiger charge is -2.18. The van der Waals surface area contributed by atoms with Crippen LogP contribution < -0.4 is 4.90 Å². The van der Waals surface area contributed by atoms with Gasteiger partial charge in [-0.05, 0) is 0 Å². The Labute approximate surface area is 105 Å². The van der Waals surface area contributed by atoms with Gasteiger partial charge in [-0.25, -0.2) is 9.97 Å². The Morgan fingerprint density at radius 3 is 2.35 bits per heavy atom. The van der Waals surface area contributed by atoms with E-state index in [0.717, 1.165) is 0 Å². The molecule has 1 aromatic heterocycles. The summed E-state index contributed by atoms with van der Waals surface area (Å²) in [4.78, 5) is 9.95. The zero-order valence-corrected chi connectivity index (χ0v) is 10.4. The van der Waals surface area contributed by atoms with Crippen molar-refractivity contribution in [1.82, 2.24) is 9.97 Å². The topological polar surface area (TPSA) is 76.6 Å². The molecule has 1 aromatic rings. The molecule has 0 spiro atoms. The van der Waals surface area contributed by atoms with Crippen molar-refractivity contribution in [2.75, 3.05) is 18.0 Å². The van der Waals surface area contributed by atoms with Gasteiger partial charge >= 0.3 is 0 Å². The van der Waals surface area contributed by atoms with Crippen molar-refractivity contribution in [2.45, 2.75) is 19.8 Å². The molecule has 0 aliphatic carbocycles. The molecule has 1 heterocycles. The quantitative estimate of drug-likeness (QED) is 0.603. The summed E-state index contributed by atoms with van der Waals surface area (Å²) in [5.74, 6) is 1.25. The molecule has 0 aromatic carbocycles. The molecule has 0 saturated heterocycles. The van der Waals surface area contributed by atoms with Crippen LogP contribution in [0.5, 0.6) is 0 Å². The van der Waals surface area contributed by atoms with Gasteiger partial charge in [0, 0.05) is 12.0 Å². The number of nitrogens with zero attached hydrogens (tertiary/aromatic N) is 5. The van der Waals surface area contributed by atoms with Crippen molar-refractivity contribution in [1.29, 1.82) is 10.5 Å². The van der Waals surface area contributed by atoms with E-state index in [0.29, 0.717) is 16.8 Å². The molecule has 0 unspecified atom stereocenters. The first-order valence-corrected chi connectivity index (χ1v) is 5.49. The second-order valence-electron chi connectivity index (χ2n) is 3.73. The maximum Gasteiger partial charge on any atom is 0.135 e. The van der Waals surface area contributed by atoms with Gasteiger partial charge in [0.25, 0.3) is 0 Å². The van der Waals surface area contributed by atoms with Crippen LogP contribution in [0, 0.1) is 22.7 Å². The smallest absolute Gasteiger partial charge is 0.135 e. The van der Waals surface area contributed by atoms with E-state index in [1.54, 1.807) is 11.0 Å². The summed E-state index contributed by atoms with van der Waals surface area (Å²) in [5, 5.41) is 17.7. The molecule has 0 fully saturated rings. The number of hydrogen-bond donors (Lipinski definition) is 0. The molecule has 0 N–H and O–H groups in total. The summed E-state index contributed by atoms with van der Waals surface area (Å²) < 4.78 is 0. The highest BCUT2D eigenvalue weighted by Crippen LogP contribution is 2.19. The predicted octanol–water partition coefficient (Wildman–Crippen LogP) is 2.11. The average Bonchev–Trinajstić information content (AvgIpc) is 2.28. The van der Waals surface area contributed by atoms with Crippen molar-refractivity contribution >= 4 is 17.4 Å². The minimum absolute atomic E-state index is 0.0957. The minimum atomic E-state index is 0.0957. The number of halogens is 1. The number of hydrogen-bond acceptors (Lipinski definition) is 5. The normalized spacial score (nSPS) is 9.76. The van der Waals surface area contributed by atoms with Gasteiger partial charge in [0.05, 0.1) is 12.1 Å². The van der Waals surface area contributed by atoms with Gasteiger partial charge in [-0.1, -0.05) is 25.4 Å². The molecule has 17 heavy (non-hydrogen) atoms. The first-order valence-electron chi connectivity index (χ1n) is 5.11. The van der Waals surface area contributed by atoms with Crippen molar-refractivity contribution in [3.63, 3.8) is 0 Å². The SMILES string of the molecule is CC(C)c1nc(Cl)cc(N(CC#N)CC#N)n1. The Balaban J connectivity index is 3.11. The van der Waals surface area contributed by atoms with E-state index in [1.807, 2.05) is 26.0 Å². The van der Waals surface area contributed by atoms with E-state index < -0.39 is 0 Å². The van der Waals surface area contributed by atoms with Gasteiger partial charge in [0.15, 0.2) is 0 Å². The molecule has 0 bridgehead atoms. The predicted molar refractivity (Wildman–Crippen MR) is 64.6 cm³/mol. The molecule has 6 heteroatoms. The summed E-state index contributed by atoms with van der Waals surface area (Å²) in [7, 11) is 0. The van der Waals surface area contributed by atoms with Crippen molar-refractivity contribution in [3.05, 3.63) is 17.0 Å². The van der Waals surface area contributed by atoms with E-state index >= 15 is 0 Å². The fourth-order valence-corrected chi connectivity index (χ4v) is 1.42. The monoisotopic (exact) mass is 249 g/mol. The fraction of sp³-hybridized carbons (Fsp3) is 0.455. The number of aromatic nitrogens is 2. The van der Waals surface area contributed by atoms with Gasteiger partial charge in [-0.3, -0.25) is 0 Å². The number of anilines is 1. The number of rotatable bonds is 4. The van der Waals surface area contributed by atoms with E-state index in [-0.39, 0.29) is 19.0 Å². The molecular weight excluding hydrogens is 238 g/mol. The summed E-state index contributed by atoms with van der Waals surface area (Å²) in [6, 6.07) is 5.54. The van der Waals surface area contributed by atoms with Crippen LogP contribution in [-0.2, 0) is 0 Å². The van der Waals surface area contributed by atoms with Crippen LogP contribution in [0.25, 0.3) is 0 Å². The lowest BCUT2D eigenvalue weighted by molar-refractivity contribution is 0.765. The van der Waals surface area contributed by atoms with E-state index in [9.17, 15) is 0 Å². The molecular formula is C11H12ClN5. The van der Waals surface area contributed by atoms with Gasteiger partial charge < -0.3 is 4.90 Å². The molecule has 0 aliphatic heterocycles. The lowest BCUT2D eigenvalue weighted by atomic mass is 10.2. The van der Waals surface area contributed by atoms with E-state index in [4.69, 9.17) is 22.1 Å². The van der Waals surface area contributed by atoms with Crippen molar-refractivity contribution in [2.24, 2.45) is 0 Å². The highest BCUT2D eigenvalue weighted by Gasteiger charge is 2.12. The number of nitriles is 2. The zero-order valence-electron chi connectivity index (χ0n) is 9.68. The lowest BCUT2D eigenvalue weighted by Crippen LogP contribution is -2.25. The van der Waals surface area contributed by atoms with Crippen LogP contribution in [0.4, 0.5) is 5.82 Å². The molecule has 1 rings (SSSR count). The maximum absolute atomic E-state index is 8.69. The Hall–Kier alpha value is -1.85. The Bertz CT molecular complexity index is 456. The highest BCUT2D eigenvalue weighted by molar-refractivity contribution is 6.29. The molecule has 5 nitrogen and oxygen atoms in total. The van der Waals surface area contributed by atoms with E-state index in [2.05, 4.69) is 9.97 Å². The second kappa shape index (κ2) is 6.03. The molecule has 0 atom stereocenters. The Morgan fingerprint density at radius 1 is 1.29 bits per heavy atom. The summed E-state index contributed by atoms with van der Waals surface area (Å²) >= 11 is 5.89. The standard InChI is InChI=1S/C11H12ClN5/c1-8(2)11-15-9(12)7-10(16-11)17(5-3-13)6-4-14/h7-8H,5-6H2,1-2H3. The molecule has 0 radical (unpaired) electrons. The van der Waals surface area contributed by atoms with Crippen molar-refractivity contribution in [3.8, 4) is 12.1 Å². The van der Waals surface area contributed by atoms with Crippen LogP contribution >= 0.6 is 11.6 Å². The van der Waals surface area contributed by atoms with Gasteiger partial charge in [-0.2, -0.15) is 10.5 Å². The van der Waals surface area contributed by atoms with Crippen LogP contribution in [0.15, 0.2) is 6.07 Å². The summed E-state index contributed by atoms with van der Waals surface area (Å²) in [6.07, 6.45) is 0. The van der Waals surface area contributed by atoms with Crippen LogP contribution in [-0.4, -0.2) is 23.1 Å². The first-order chi connectivity index (χ1) is 8.08. The second-order valence-corrected chi connectivity index (χ2v) is 4.12. The first kappa shape index (κ1) is 13.2. The van der Waals surface area contributed by atoms with Crippen molar-refractivity contribution < 1.29 is 0 Å². The van der Waals surface area contributed by atoms with Gasteiger partial charge in [0.1, 0.15) is 29.9 Å². The maximum atomic E-state index is 8.69. The van der Waals surface area contributed by atoms with Crippen LogP contribution in [0.3, 0.4) is 0 Å². The Kier molecular flexibility index (Phi) is 4.68. The third kappa shape index (κ3) is 3.58. The molecule has 0 saturated carbocycles. The van der Waals surface area contributed by atoms with Gasteiger partial charge in [0.2, 0.25) is 0 Å². The average molecular weight is 250 g/mol. The third-order valence-electron chi connectivity index (χ3n) is 2.06. The zero-order chi connectivity index (χ0) is 12.8. The molecule has 0 amide bonds. The molecule has 88 valence electrons. The highest BCUT2D eigenvalue weighted by atomic mass is 35.5. The van der Waals surface area contributed by atoms with Gasteiger partial charge in [-0.15, -0.1) is 0 Å². The van der Waals surface area contributed by atoms with E-state index in [1.165, 1.54) is 0 Å². The largest absolute Gasteiger partial charge is 0.330 e. The third-order valence-corrected chi connectivity index (χ3v) is 2.26. The minimum Gasteiger partial charge on any atom is -0.330 e.